The molecule has 4 amide bonds. The maximum Gasteiger partial charge on any atom is 0.251 e. The number of carbonyl (C=O) groups excluding carboxylic acids is 4. The van der Waals surface area contributed by atoms with Crippen LogP contribution in [0.3, 0.4) is 0 Å². The van der Waals surface area contributed by atoms with Gasteiger partial charge in [0.15, 0.2) is 0 Å². The van der Waals surface area contributed by atoms with Gasteiger partial charge in [-0.15, -0.1) is 0 Å². The number of nitrogens with one attached hydrogen (secondary N) is 4. The number of unbranched alkanes of at least 4 members (excludes halogenated alkanes) is 4. The fourth-order valence-electron chi connectivity index (χ4n) is 5.17. The number of carbonyl (C=O) groups is 4. The Labute approximate surface area is 277 Å². The molecule has 47 heavy (non-hydrogen) atoms. The molecule has 2 unspecified atom stereocenters. The third-order valence-electron chi connectivity index (χ3n) is 7.96. The highest BCUT2D eigenvalue weighted by atomic mass is 16.2. The van der Waals surface area contributed by atoms with Gasteiger partial charge in [0.1, 0.15) is 0 Å². The molecule has 4 rings (SSSR count). The van der Waals surface area contributed by atoms with Gasteiger partial charge in [-0.1, -0.05) is 79.9 Å². The molecule has 4 aromatic carbocycles. The van der Waals surface area contributed by atoms with E-state index in [4.69, 9.17) is 0 Å². The van der Waals surface area contributed by atoms with Gasteiger partial charge < -0.3 is 21.3 Å². The summed E-state index contributed by atoms with van der Waals surface area (Å²) in [5.41, 5.74) is 4.45. The zero-order chi connectivity index (χ0) is 33.4. The van der Waals surface area contributed by atoms with E-state index in [2.05, 4.69) is 21.3 Å². The number of rotatable bonds is 16. The Hall–Kier alpha value is -5.24. The Morgan fingerprint density at radius 1 is 0.468 bits per heavy atom. The quantitative estimate of drug-likeness (QED) is 0.0938. The summed E-state index contributed by atoms with van der Waals surface area (Å²) in [6.07, 6.45) is 5.10. The second kappa shape index (κ2) is 18.0. The van der Waals surface area contributed by atoms with Crippen LogP contribution in [0.25, 0.3) is 0 Å². The van der Waals surface area contributed by atoms with E-state index >= 15 is 0 Å². The van der Waals surface area contributed by atoms with E-state index in [1.807, 2.05) is 74.5 Å². The van der Waals surface area contributed by atoms with Crippen molar-refractivity contribution in [1.82, 2.24) is 10.6 Å². The van der Waals surface area contributed by atoms with Gasteiger partial charge in [-0.3, -0.25) is 19.2 Å². The molecule has 0 aliphatic heterocycles. The third kappa shape index (κ3) is 11.6. The largest absolute Gasteiger partial charge is 0.346 e. The van der Waals surface area contributed by atoms with E-state index in [-0.39, 0.29) is 35.7 Å². The molecular formula is C39H44N4O4. The van der Waals surface area contributed by atoms with E-state index in [1.165, 1.54) is 0 Å². The predicted molar refractivity (Wildman–Crippen MR) is 187 cm³/mol. The highest BCUT2D eigenvalue weighted by molar-refractivity contribution is 5.97. The lowest BCUT2D eigenvalue weighted by atomic mass is 10.1. The number of amides is 4. The average Bonchev–Trinajstić information content (AvgIpc) is 3.09. The Bertz CT molecular complexity index is 1470. The first-order valence-corrected chi connectivity index (χ1v) is 16.3. The minimum Gasteiger partial charge on any atom is -0.346 e. The van der Waals surface area contributed by atoms with Crippen LogP contribution in [-0.2, 0) is 9.59 Å². The molecule has 8 nitrogen and oxygen atoms in total. The summed E-state index contributed by atoms with van der Waals surface area (Å²) in [5, 5.41) is 11.8. The van der Waals surface area contributed by atoms with Crippen molar-refractivity contribution in [1.29, 1.82) is 0 Å². The summed E-state index contributed by atoms with van der Waals surface area (Å²) in [7, 11) is 0. The molecule has 0 bridgehead atoms. The van der Waals surface area contributed by atoms with Crippen molar-refractivity contribution < 1.29 is 19.2 Å². The minimum atomic E-state index is -0.165. The monoisotopic (exact) mass is 632 g/mol. The zero-order valence-electron chi connectivity index (χ0n) is 27.1. The highest BCUT2D eigenvalue weighted by Gasteiger charge is 2.13. The number of hydrogen-bond donors (Lipinski definition) is 4. The van der Waals surface area contributed by atoms with Gasteiger partial charge in [0.25, 0.3) is 11.8 Å². The standard InChI is InChI=1S/C39H44N4O4/c1-28(30-14-8-6-9-15-30)40-38(46)32-20-24-34(25-21-32)42-36(44)18-12-4-3-5-13-19-37(45)43-35-26-22-33(23-27-35)39(47)41-29(2)31-16-10-7-11-17-31/h6-11,14-17,20-29H,3-5,12-13,18-19H2,1-2H3,(H,40,46)(H,41,47)(H,42,44)(H,43,45). The third-order valence-corrected chi connectivity index (χ3v) is 7.96. The summed E-state index contributed by atoms with van der Waals surface area (Å²) < 4.78 is 0. The van der Waals surface area contributed by atoms with Crippen LogP contribution in [0.2, 0.25) is 0 Å². The molecular weight excluding hydrogens is 588 g/mol. The van der Waals surface area contributed by atoms with Gasteiger partial charge in [0.05, 0.1) is 12.1 Å². The Morgan fingerprint density at radius 3 is 1.17 bits per heavy atom. The lowest BCUT2D eigenvalue weighted by Gasteiger charge is -2.14. The van der Waals surface area contributed by atoms with Gasteiger partial charge in [-0.25, -0.2) is 0 Å². The van der Waals surface area contributed by atoms with E-state index in [1.54, 1.807) is 48.5 Å². The lowest BCUT2D eigenvalue weighted by molar-refractivity contribution is -0.117. The van der Waals surface area contributed by atoms with E-state index in [0.29, 0.717) is 35.3 Å². The normalized spacial score (nSPS) is 12.0. The fourth-order valence-corrected chi connectivity index (χ4v) is 5.17. The van der Waals surface area contributed by atoms with Crippen LogP contribution in [0.4, 0.5) is 11.4 Å². The van der Waals surface area contributed by atoms with Crippen LogP contribution in [0.5, 0.6) is 0 Å². The van der Waals surface area contributed by atoms with Gasteiger partial charge in [-0.2, -0.15) is 0 Å². The maximum absolute atomic E-state index is 12.6. The first-order valence-electron chi connectivity index (χ1n) is 16.3. The van der Waals surface area contributed by atoms with Crippen molar-refractivity contribution in [2.75, 3.05) is 10.6 Å². The minimum absolute atomic E-state index is 0.0616. The number of hydrogen-bond acceptors (Lipinski definition) is 4. The van der Waals surface area contributed by atoms with E-state index in [9.17, 15) is 19.2 Å². The van der Waals surface area contributed by atoms with Crippen molar-refractivity contribution in [3.8, 4) is 0 Å². The highest BCUT2D eigenvalue weighted by Crippen LogP contribution is 2.17. The summed E-state index contributed by atoms with van der Waals surface area (Å²) in [6.45, 7) is 3.89. The molecule has 0 aromatic heterocycles. The summed E-state index contributed by atoms with van der Waals surface area (Å²) in [6, 6.07) is 33.1. The molecule has 0 saturated heterocycles. The number of benzene rings is 4. The van der Waals surface area contributed by atoms with Crippen LogP contribution < -0.4 is 21.3 Å². The topological polar surface area (TPSA) is 116 Å². The first-order chi connectivity index (χ1) is 22.8. The SMILES string of the molecule is CC(NC(=O)c1ccc(NC(=O)CCCCCCCC(=O)Nc2ccc(C(=O)NC(C)c3ccccc3)cc2)cc1)c1ccccc1. The van der Waals surface area contributed by atoms with Crippen molar-refractivity contribution in [2.24, 2.45) is 0 Å². The molecule has 4 N–H and O–H groups in total. The summed E-state index contributed by atoms with van der Waals surface area (Å²) in [4.78, 5) is 50.0. The van der Waals surface area contributed by atoms with E-state index in [0.717, 1.165) is 43.2 Å². The van der Waals surface area contributed by atoms with Gasteiger partial charge in [0, 0.05) is 35.3 Å². The van der Waals surface area contributed by atoms with Crippen molar-refractivity contribution in [3.63, 3.8) is 0 Å². The molecule has 244 valence electrons. The molecule has 0 aliphatic rings. The first kappa shape index (κ1) is 34.6. The van der Waals surface area contributed by atoms with Crippen LogP contribution >= 0.6 is 0 Å². The van der Waals surface area contributed by atoms with E-state index < -0.39 is 0 Å². The van der Waals surface area contributed by atoms with Crippen LogP contribution in [0.15, 0.2) is 109 Å². The van der Waals surface area contributed by atoms with Gasteiger partial charge in [-0.05, 0) is 86.3 Å². The smallest absolute Gasteiger partial charge is 0.251 e. The lowest BCUT2D eigenvalue weighted by Crippen LogP contribution is -2.26. The molecule has 0 saturated carbocycles. The van der Waals surface area contributed by atoms with Gasteiger partial charge in [0.2, 0.25) is 11.8 Å². The Balaban J connectivity index is 1.05. The van der Waals surface area contributed by atoms with Gasteiger partial charge >= 0.3 is 0 Å². The summed E-state index contributed by atoms with van der Waals surface area (Å²) in [5.74, 6) is -0.454. The zero-order valence-corrected chi connectivity index (χ0v) is 27.1. The molecule has 0 radical (unpaired) electrons. The maximum atomic E-state index is 12.6. The van der Waals surface area contributed by atoms with Crippen LogP contribution in [-0.4, -0.2) is 23.6 Å². The molecule has 0 spiro atoms. The van der Waals surface area contributed by atoms with Crippen LogP contribution in [0.1, 0.15) is 103 Å². The van der Waals surface area contributed by atoms with Crippen molar-refractivity contribution in [2.45, 2.75) is 70.9 Å². The second-order valence-corrected chi connectivity index (χ2v) is 11.7. The molecule has 0 heterocycles. The number of anilines is 2. The molecule has 8 heteroatoms. The van der Waals surface area contributed by atoms with Crippen LogP contribution in [0, 0.1) is 0 Å². The fraction of sp³-hybridized carbons (Fsp3) is 0.282. The summed E-state index contributed by atoms with van der Waals surface area (Å²) >= 11 is 0. The Morgan fingerprint density at radius 2 is 0.809 bits per heavy atom. The Kier molecular flexibility index (Phi) is 13.3. The second-order valence-electron chi connectivity index (χ2n) is 11.7. The molecule has 4 aromatic rings. The average molecular weight is 633 g/mol. The van der Waals surface area contributed by atoms with Crippen molar-refractivity contribution in [3.05, 3.63) is 131 Å². The molecule has 0 fully saturated rings. The molecule has 2 atom stereocenters. The molecule has 0 aliphatic carbocycles. The predicted octanol–water partition coefficient (Wildman–Crippen LogP) is 7.98. The van der Waals surface area contributed by atoms with Crippen molar-refractivity contribution >= 4 is 35.0 Å².